The van der Waals surface area contributed by atoms with E-state index in [0.29, 0.717) is 17.6 Å². The van der Waals surface area contributed by atoms with Crippen LogP contribution in [-0.4, -0.2) is 48.7 Å². The molecule has 1 aliphatic rings. The maximum Gasteiger partial charge on any atom is 0.256 e. The smallest absolute Gasteiger partial charge is 0.256 e. The van der Waals surface area contributed by atoms with Crippen molar-refractivity contribution in [3.05, 3.63) is 17.5 Å². The van der Waals surface area contributed by atoms with Gasteiger partial charge < -0.3 is 4.90 Å². The second-order valence-corrected chi connectivity index (χ2v) is 7.03. The van der Waals surface area contributed by atoms with E-state index in [2.05, 4.69) is 27.0 Å². The van der Waals surface area contributed by atoms with Crippen LogP contribution in [0.4, 0.5) is 0 Å². The van der Waals surface area contributed by atoms with Gasteiger partial charge in [-0.15, -0.1) is 10.2 Å². The maximum absolute atomic E-state index is 12.6. The Balaban J connectivity index is 1.72. The molecule has 0 aromatic carbocycles. The number of piperidine rings is 1. The Morgan fingerprint density at radius 1 is 1.35 bits per heavy atom. The molecule has 1 atom stereocenters. The molecule has 7 heteroatoms. The van der Waals surface area contributed by atoms with E-state index in [4.69, 9.17) is 0 Å². The number of likely N-dealkylation sites (tertiary alicyclic amines) is 1. The first-order valence-electron chi connectivity index (χ1n) is 8.21. The van der Waals surface area contributed by atoms with Crippen molar-refractivity contribution in [3.8, 4) is 0 Å². The van der Waals surface area contributed by atoms with Crippen LogP contribution >= 0.6 is 11.8 Å². The van der Waals surface area contributed by atoms with Crippen molar-refractivity contribution < 1.29 is 4.79 Å². The number of fused-ring (bicyclic) bond motifs is 1. The van der Waals surface area contributed by atoms with Crippen LogP contribution in [0.1, 0.15) is 44.0 Å². The van der Waals surface area contributed by atoms with Crippen molar-refractivity contribution in [2.75, 3.05) is 12.3 Å². The van der Waals surface area contributed by atoms with Gasteiger partial charge in [-0.3, -0.25) is 9.20 Å². The number of hydrogen-bond donors (Lipinski definition) is 0. The molecule has 1 aliphatic heterocycles. The van der Waals surface area contributed by atoms with Crippen LogP contribution in [-0.2, 0) is 4.79 Å². The molecule has 124 valence electrons. The predicted octanol–water partition coefficient (Wildman–Crippen LogP) is 2.62. The van der Waals surface area contributed by atoms with Crippen LogP contribution in [0.25, 0.3) is 5.78 Å². The Morgan fingerprint density at radius 3 is 2.96 bits per heavy atom. The highest BCUT2D eigenvalue weighted by atomic mass is 32.2. The fourth-order valence-corrected chi connectivity index (χ4v) is 4.13. The first-order valence-corrected chi connectivity index (χ1v) is 9.20. The molecule has 3 rings (SSSR count). The number of carbonyl (C=O) groups is 1. The van der Waals surface area contributed by atoms with Crippen LogP contribution in [0.2, 0.25) is 0 Å². The van der Waals surface area contributed by atoms with Gasteiger partial charge in [0.2, 0.25) is 5.91 Å². The molecule has 0 spiro atoms. The summed E-state index contributed by atoms with van der Waals surface area (Å²) in [4.78, 5) is 19.0. The summed E-state index contributed by atoms with van der Waals surface area (Å²) < 4.78 is 1.92. The lowest BCUT2D eigenvalue weighted by molar-refractivity contribution is -0.132. The zero-order valence-corrected chi connectivity index (χ0v) is 14.8. The average molecular weight is 333 g/mol. The van der Waals surface area contributed by atoms with Crippen LogP contribution in [0.3, 0.4) is 0 Å². The normalized spacial score (nSPS) is 18.6. The average Bonchev–Trinajstić information content (AvgIpc) is 2.95. The molecule has 0 bridgehead atoms. The SMILES string of the molecule is CC[C@H]1CCCCN1C(=O)CSc1nnc2nc(C)cc(C)n12. The number of nitrogens with zero attached hydrogens (tertiary/aromatic N) is 5. The highest BCUT2D eigenvalue weighted by molar-refractivity contribution is 7.99. The minimum absolute atomic E-state index is 0.205. The largest absolute Gasteiger partial charge is 0.339 e. The molecule has 23 heavy (non-hydrogen) atoms. The fraction of sp³-hybridized carbons (Fsp3) is 0.625. The van der Waals surface area contributed by atoms with Gasteiger partial charge in [0, 0.05) is 24.0 Å². The lowest BCUT2D eigenvalue weighted by Crippen LogP contribution is -2.44. The summed E-state index contributed by atoms with van der Waals surface area (Å²) in [7, 11) is 0. The van der Waals surface area contributed by atoms with Crippen LogP contribution in [0.5, 0.6) is 0 Å². The monoisotopic (exact) mass is 333 g/mol. The summed E-state index contributed by atoms with van der Waals surface area (Å²) in [6.07, 6.45) is 4.51. The molecular weight excluding hydrogens is 310 g/mol. The van der Waals surface area contributed by atoms with Gasteiger partial charge in [0.25, 0.3) is 5.78 Å². The number of hydrogen-bond acceptors (Lipinski definition) is 5. The highest BCUT2D eigenvalue weighted by Gasteiger charge is 2.25. The zero-order valence-electron chi connectivity index (χ0n) is 13.9. The molecule has 2 aromatic heterocycles. The molecule has 0 N–H and O–H groups in total. The maximum atomic E-state index is 12.6. The van der Waals surface area contributed by atoms with Gasteiger partial charge in [-0.1, -0.05) is 18.7 Å². The van der Waals surface area contributed by atoms with Gasteiger partial charge in [0.15, 0.2) is 5.16 Å². The van der Waals surface area contributed by atoms with E-state index in [0.717, 1.165) is 42.4 Å². The first-order chi connectivity index (χ1) is 11.1. The lowest BCUT2D eigenvalue weighted by atomic mass is 10.0. The standard InChI is InChI=1S/C16H23N5OS/c1-4-13-7-5-6-8-20(13)14(22)10-23-16-19-18-15-17-11(2)9-12(3)21(15)16/h9,13H,4-8,10H2,1-3H3/t13-/m0/s1. The third-order valence-corrected chi connectivity index (χ3v) is 5.32. The molecule has 2 aromatic rings. The van der Waals surface area contributed by atoms with Crippen LogP contribution in [0.15, 0.2) is 11.2 Å². The predicted molar refractivity (Wildman–Crippen MR) is 90.6 cm³/mol. The second kappa shape index (κ2) is 6.86. The molecule has 1 saturated heterocycles. The topological polar surface area (TPSA) is 63.4 Å². The summed E-state index contributed by atoms with van der Waals surface area (Å²) in [5.41, 5.74) is 1.96. The third-order valence-electron chi connectivity index (χ3n) is 4.41. The van der Waals surface area contributed by atoms with Gasteiger partial charge in [-0.2, -0.15) is 0 Å². The van der Waals surface area contributed by atoms with E-state index in [1.54, 1.807) is 0 Å². The summed E-state index contributed by atoms with van der Waals surface area (Å²) >= 11 is 1.45. The van der Waals surface area contributed by atoms with E-state index < -0.39 is 0 Å². The van der Waals surface area contributed by atoms with E-state index in [1.807, 2.05) is 24.3 Å². The first kappa shape index (κ1) is 16.2. The zero-order chi connectivity index (χ0) is 16.4. The van der Waals surface area contributed by atoms with E-state index in [1.165, 1.54) is 18.2 Å². The Labute approximate surface area is 140 Å². The lowest BCUT2D eigenvalue weighted by Gasteiger charge is -2.35. The van der Waals surface area contributed by atoms with Gasteiger partial charge >= 0.3 is 0 Å². The van der Waals surface area contributed by atoms with Gasteiger partial charge in [-0.25, -0.2) is 4.98 Å². The molecule has 1 amide bonds. The molecule has 6 nitrogen and oxygen atoms in total. The number of amides is 1. The molecule has 3 heterocycles. The number of rotatable bonds is 4. The fourth-order valence-electron chi connectivity index (χ4n) is 3.26. The van der Waals surface area contributed by atoms with Crippen molar-refractivity contribution in [3.63, 3.8) is 0 Å². The summed E-state index contributed by atoms with van der Waals surface area (Å²) in [6, 6.07) is 2.40. The minimum atomic E-state index is 0.205. The number of aromatic nitrogens is 4. The Kier molecular flexibility index (Phi) is 4.84. The molecular formula is C16H23N5OS. The van der Waals surface area contributed by atoms with Crippen molar-refractivity contribution in [2.45, 2.75) is 57.7 Å². The molecule has 1 fully saturated rings. The number of aryl methyl sites for hydroxylation is 2. The van der Waals surface area contributed by atoms with Crippen molar-refractivity contribution in [1.82, 2.24) is 24.5 Å². The third kappa shape index (κ3) is 3.34. The Bertz CT molecular complexity index is 714. The van der Waals surface area contributed by atoms with Crippen molar-refractivity contribution in [2.24, 2.45) is 0 Å². The molecule has 0 unspecified atom stereocenters. The van der Waals surface area contributed by atoms with Gasteiger partial charge in [0.1, 0.15) is 0 Å². The number of thioether (sulfide) groups is 1. The highest BCUT2D eigenvalue weighted by Crippen LogP contribution is 2.23. The van der Waals surface area contributed by atoms with Gasteiger partial charge in [-0.05, 0) is 45.6 Å². The van der Waals surface area contributed by atoms with Gasteiger partial charge in [0.05, 0.1) is 5.75 Å². The summed E-state index contributed by atoms with van der Waals surface area (Å²) in [5, 5.41) is 9.05. The van der Waals surface area contributed by atoms with E-state index in [9.17, 15) is 4.79 Å². The Hall–Kier alpha value is -1.63. The van der Waals surface area contributed by atoms with Crippen molar-refractivity contribution in [1.29, 1.82) is 0 Å². The summed E-state index contributed by atoms with van der Waals surface area (Å²) in [6.45, 7) is 7.00. The number of carbonyl (C=O) groups excluding carboxylic acids is 1. The van der Waals surface area contributed by atoms with Crippen LogP contribution < -0.4 is 0 Å². The minimum Gasteiger partial charge on any atom is -0.339 e. The molecule has 0 saturated carbocycles. The summed E-state index contributed by atoms with van der Waals surface area (Å²) in [5.74, 6) is 1.21. The van der Waals surface area contributed by atoms with Crippen LogP contribution in [0, 0.1) is 13.8 Å². The van der Waals surface area contributed by atoms with E-state index in [-0.39, 0.29) is 5.91 Å². The second-order valence-electron chi connectivity index (χ2n) is 6.09. The van der Waals surface area contributed by atoms with E-state index >= 15 is 0 Å². The Morgan fingerprint density at radius 2 is 2.17 bits per heavy atom. The quantitative estimate of drug-likeness (QED) is 0.805. The molecule has 0 radical (unpaired) electrons. The molecule has 0 aliphatic carbocycles. The van der Waals surface area contributed by atoms with Crippen molar-refractivity contribution >= 4 is 23.4 Å².